The number of carbonyl (C=O) groups excluding carboxylic acids is 3. The van der Waals surface area contributed by atoms with Crippen LogP contribution in [0.3, 0.4) is 0 Å². The number of nitrogens with one attached hydrogen (secondary N) is 2. The van der Waals surface area contributed by atoms with Gasteiger partial charge < -0.3 is 15.4 Å². The van der Waals surface area contributed by atoms with Gasteiger partial charge in [0.05, 0.1) is 12.1 Å². The number of nitriles is 1. The van der Waals surface area contributed by atoms with Gasteiger partial charge in [-0.05, 0) is 61.1 Å². The third kappa shape index (κ3) is 5.66. The highest BCUT2D eigenvalue weighted by Gasteiger charge is 2.47. The fourth-order valence-electron chi connectivity index (χ4n) is 6.23. The quantitative estimate of drug-likeness (QED) is 0.316. The van der Waals surface area contributed by atoms with Gasteiger partial charge in [0, 0.05) is 24.8 Å². The average Bonchev–Trinajstić information content (AvgIpc) is 3.57. The van der Waals surface area contributed by atoms with E-state index >= 15 is 0 Å². The molecule has 0 spiro atoms. The van der Waals surface area contributed by atoms with Crippen molar-refractivity contribution in [1.82, 2.24) is 30.2 Å². The Labute approximate surface area is 235 Å². The van der Waals surface area contributed by atoms with E-state index in [0.29, 0.717) is 12.0 Å². The highest BCUT2D eigenvalue weighted by molar-refractivity contribution is 5.98. The normalized spacial score (nSPS) is 23.3. The molecule has 3 aromatic rings. The van der Waals surface area contributed by atoms with Crippen molar-refractivity contribution in [2.45, 2.75) is 45.2 Å². The maximum Gasteiger partial charge on any atom is 0.309 e. The minimum Gasteiger partial charge on any atom is -0.461 e. The summed E-state index contributed by atoms with van der Waals surface area (Å²) in [5.74, 6) is -1.71. The number of halogens is 1. The van der Waals surface area contributed by atoms with Gasteiger partial charge in [0.25, 0.3) is 11.8 Å². The van der Waals surface area contributed by atoms with Crippen LogP contribution in [-0.4, -0.2) is 50.0 Å². The Morgan fingerprint density at radius 3 is 2.80 bits per heavy atom. The van der Waals surface area contributed by atoms with Gasteiger partial charge >= 0.3 is 5.97 Å². The van der Waals surface area contributed by atoms with E-state index < -0.39 is 17.6 Å². The molecule has 11 nitrogen and oxygen atoms in total. The number of aromatic nitrogens is 4. The summed E-state index contributed by atoms with van der Waals surface area (Å²) < 4.78 is 20.9. The molecule has 41 heavy (non-hydrogen) atoms. The predicted octanol–water partition coefficient (Wildman–Crippen LogP) is 2.96. The third-order valence-electron chi connectivity index (χ3n) is 8.25. The molecule has 2 saturated carbocycles. The molecule has 212 valence electrons. The van der Waals surface area contributed by atoms with Gasteiger partial charge in [0.2, 0.25) is 0 Å². The highest BCUT2D eigenvalue weighted by Crippen LogP contribution is 2.48. The monoisotopic (exact) mass is 559 g/mol. The number of hydrogen-bond acceptors (Lipinski definition) is 8. The average molecular weight is 560 g/mol. The SMILES string of the molecule is C=CCOC(=O)[C@H]1CCC2C(CC[C@@H]2NC(=O)c2cc(C(=O)NCc3ccnc(C#N)c3)nc3c(F)cnn23)C1C. The number of carbonyl (C=O) groups is 3. The summed E-state index contributed by atoms with van der Waals surface area (Å²) in [5.41, 5.74) is 0.454. The fourth-order valence-corrected chi connectivity index (χ4v) is 6.23. The Hall–Kier alpha value is -4.66. The van der Waals surface area contributed by atoms with Crippen LogP contribution in [0.25, 0.3) is 5.65 Å². The van der Waals surface area contributed by atoms with Crippen LogP contribution in [0.4, 0.5) is 4.39 Å². The lowest BCUT2D eigenvalue weighted by Crippen LogP contribution is -2.44. The van der Waals surface area contributed by atoms with E-state index in [1.807, 2.05) is 6.07 Å². The molecule has 12 heteroatoms. The third-order valence-corrected chi connectivity index (χ3v) is 8.25. The lowest BCUT2D eigenvalue weighted by atomic mass is 9.68. The highest BCUT2D eigenvalue weighted by atomic mass is 19.1. The Morgan fingerprint density at radius 1 is 1.22 bits per heavy atom. The van der Waals surface area contributed by atoms with E-state index in [9.17, 15) is 18.8 Å². The number of hydrogen-bond donors (Lipinski definition) is 2. The van der Waals surface area contributed by atoms with E-state index in [2.05, 4.69) is 39.2 Å². The van der Waals surface area contributed by atoms with Crippen molar-refractivity contribution in [3.8, 4) is 6.07 Å². The molecule has 0 aliphatic heterocycles. The van der Waals surface area contributed by atoms with Crippen LogP contribution in [0.2, 0.25) is 0 Å². The zero-order valence-electron chi connectivity index (χ0n) is 22.5. The first-order valence-electron chi connectivity index (χ1n) is 13.6. The molecule has 2 N–H and O–H groups in total. The molecule has 0 bridgehead atoms. The first-order chi connectivity index (χ1) is 19.8. The summed E-state index contributed by atoms with van der Waals surface area (Å²) in [6, 6.07) is 6.29. The van der Waals surface area contributed by atoms with Crippen molar-refractivity contribution in [3.05, 3.63) is 71.7 Å². The second-order valence-corrected chi connectivity index (χ2v) is 10.5. The first-order valence-corrected chi connectivity index (χ1v) is 13.6. The van der Waals surface area contributed by atoms with Crippen molar-refractivity contribution in [2.24, 2.45) is 23.7 Å². The molecule has 2 fully saturated rings. The van der Waals surface area contributed by atoms with Crippen LogP contribution < -0.4 is 10.6 Å². The Morgan fingerprint density at radius 2 is 2.02 bits per heavy atom. The molecule has 0 saturated heterocycles. The number of pyridine rings is 1. The van der Waals surface area contributed by atoms with Gasteiger partial charge in [-0.25, -0.2) is 18.9 Å². The van der Waals surface area contributed by atoms with Crippen LogP contribution in [-0.2, 0) is 16.1 Å². The summed E-state index contributed by atoms with van der Waals surface area (Å²) in [7, 11) is 0. The number of fused-ring (bicyclic) bond motifs is 2. The van der Waals surface area contributed by atoms with Gasteiger partial charge in [0.1, 0.15) is 29.8 Å². The standard InChI is InChI=1S/C29H30FN7O4/c1-3-10-41-29(40)20-4-5-21-19(16(20)2)6-7-23(21)36-28(39)25-12-24(35-26-22(30)15-34-37(25)26)27(38)33-14-17-8-9-32-18(11-17)13-31/h3,8-9,11-12,15-16,19-21,23H,1,4-7,10,14H2,2H3,(H,33,38)(H,36,39)/t16?,19?,20-,21?,23-/m0/s1. The molecule has 2 aliphatic rings. The van der Waals surface area contributed by atoms with Crippen molar-refractivity contribution in [2.75, 3.05) is 6.61 Å². The van der Waals surface area contributed by atoms with Crippen molar-refractivity contribution >= 4 is 23.4 Å². The Kier molecular flexibility index (Phi) is 8.05. The smallest absolute Gasteiger partial charge is 0.309 e. The van der Waals surface area contributed by atoms with E-state index in [1.54, 1.807) is 18.2 Å². The van der Waals surface area contributed by atoms with E-state index in [0.717, 1.165) is 30.0 Å². The summed E-state index contributed by atoms with van der Waals surface area (Å²) in [6.45, 7) is 5.93. The summed E-state index contributed by atoms with van der Waals surface area (Å²) >= 11 is 0. The zero-order chi connectivity index (χ0) is 29.1. The van der Waals surface area contributed by atoms with E-state index in [4.69, 9.17) is 10.00 Å². The largest absolute Gasteiger partial charge is 0.461 e. The van der Waals surface area contributed by atoms with Gasteiger partial charge in [-0.2, -0.15) is 10.4 Å². The number of rotatable bonds is 8. The molecule has 5 rings (SSSR count). The van der Waals surface area contributed by atoms with Crippen LogP contribution in [0, 0.1) is 40.8 Å². The maximum absolute atomic E-state index is 14.5. The molecule has 5 atom stereocenters. The molecule has 3 aromatic heterocycles. The number of nitrogens with zero attached hydrogens (tertiary/aromatic N) is 5. The molecular weight excluding hydrogens is 529 g/mol. The van der Waals surface area contributed by atoms with Gasteiger partial charge in [0.15, 0.2) is 11.5 Å². The summed E-state index contributed by atoms with van der Waals surface area (Å²) in [4.78, 5) is 47.0. The Bertz CT molecular complexity index is 1550. The molecular formula is C29H30FN7O4. The van der Waals surface area contributed by atoms with Crippen LogP contribution >= 0.6 is 0 Å². The molecule has 0 radical (unpaired) electrons. The zero-order valence-corrected chi connectivity index (χ0v) is 22.5. The second-order valence-electron chi connectivity index (χ2n) is 10.5. The van der Waals surface area contributed by atoms with Gasteiger partial charge in [-0.1, -0.05) is 19.6 Å². The van der Waals surface area contributed by atoms with Gasteiger partial charge in [-0.3, -0.25) is 14.4 Å². The first kappa shape index (κ1) is 27.9. The topological polar surface area (TPSA) is 151 Å². The predicted molar refractivity (Wildman–Crippen MR) is 144 cm³/mol. The fraction of sp³-hybridized carbons (Fsp3) is 0.414. The van der Waals surface area contributed by atoms with Crippen LogP contribution in [0.1, 0.15) is 64.8 Å². The van der Waals surface area contributed by atoms with Crippen LogP contribution in [0.15, 0.2) is 43.2 Å². The maximum atomic E-state index is 14.5. The molecule has 2 aliphatic carbocycles. The van der Waals surface area contributed by atoms with Gasteiger partial charge in [-0.15, -0.1) is 0 Å². The van der Waals surface area contributed by atoms with Crippen molar-refractivity contribution in [3.63, 3.8) is 0 Å². The van der Waals surface area contributed by atoms with E-state index in [-0.39, 0.29) is 71.6 Å². The Balaban J connectivity index is 1.31. The lowest BCUT2D eigenvalue weighted by molar-refractivity contribution is -0.152. The number of amides is 2. The molecule has 3 heterocycles. The molecule has 2 amide bonds. The minimum atomic E-state index is -0.766. The summed E-state index contributed by atoms with van der Waals surface area (Å²) in [5, 5.41) is 18.8. The molecule has 3 unspecified atom stereocenters. The number of esters is 1. The van der Waals surface area contributed by atoms with E-state index in [1.165, 1.54) is 12.3 Å². The lowest BCUT2D eigenvalue weighted by Gasteiger charge is -2.38. The summed E-state index contributed by atoms with van der Waals surface area (Å²) in [6.07, 6.45) is 7.01. The molecule has 0 aromatic carbocycles. The van der Waals surface area contributed by atoms with Crippen molar-refractivity contribution < 1.29 is 23.5 Å². The second kappa shape index (κ2) is 11.8. The van der Waals surface area contributed by atoms with Crippen molar-refractivity contribution in [1.29, 1.82) is 5.26 Å². The minimum absolute atomic E-state index is 0.0158. The van der Waals surface area contributed by atoms with Crippen LogP contribution in [0.5, 0.6) is 0 Å². The number of ether oxygens (including phenoxy) is 1.